The number of anilines is 1. The zero-order valence-corrected chi connectivity index (χ0v) is 10.0. The second kappa shape index (κ2) is 4.22. The third-order valence-electron chi connectivity index (χ3n) is 3.19. The van der Waals surface area contributed by atoms with Crippen LogP contribution in [0.2, 0.25) is 5.02 Å². The van der Waals surface area contributed by atoms with Crippen LogP contribution in [0.25, 0.3) is 0 Å². The summed E-state index contributed by atoms with van der Waals surface area (Å²) in [6, 6.07) is 4.47. The molecule has 4 heteroatoms. The van der Waals surface area contributed by atoms with Gasteiger partial charge in [0.1, 0.15) is 5.82 Å². The normalized spacial score (nSPS) is 19.2. The molecule has 88 valence electrons. The molecule has 0 amide bonds. The molecule has 0 saturated heterocycles. The first-order valence-electron chi connectivity index (χ1n) is 5.48. The summed E-state index contributed by atoms with van der Waals surface area (Å²) in [6.45, 7) is 2.61. The fourth-order valence-corrected chi connectivity index (χ4v) is 2.22. The van der Waals surface area contributed by atoms with Crippen LogP contribution in [-0.4, -0.2) is 12.1 Å². The van der Waals surface area contributed by atoms with Crippen molar-refractivity contribution in [2.75, 3.05) is 11.9 Å². The number of hydrogen-bond donors (Lipinski definition) is 2. The van der Waals surface area contributed by atoms with Gasteiger partial charge in [0.25, 0.3) is 0 Å². The molecule has 0 spiro atoms. The van der Waals surface area contributed by atoms with E-state index in [0.717, 1.165) is 0 Å². The zero-order valence-electron chi connectivity index (χ0n) is 9.26. The number of nitrogens with two attached hydrogens (primary N) is 1. The number of benzene rings is 1. The average Bonchev–Trinajstić information content (AvgIpc) is 2.98. The van der Waals surface area contributed by atoms with Gasteiger partial charge in [-0.05, 0) is 43.9 Å². The molecule has 2 rings (SSSR count). The highest BCUT2D eigenvalue weighted by Gasteiger charge is 2.40. The molecule has 1 aliphatic rings. The summed E-state index contributed by atoms with van der Waals surface area (Å²) in [6.07, 6.45) is 2.37. The Kier molecular flexibility index (Phi) is 3.08. The van der Waals surface area contributed by atoms with E-state index in [4.69, 9.17) is 17.3 Å². The minimum atomic E-state index is -0.329. The molecule has 1 aromatic carbocycles. The van der Waals surface area contributed by atoms with Crippen molar-refractivity contribution in [3.05, 3.63) is 29.0 Å². The third-order valence-corrected chi connectivity index (χ3v) is 3.41. The smallest absolute Gasteiger partial charge is 0.126 e. The van der Waals surface area contributed by atoms with E-state index in [1.165, 1.54) is 25.0 Å². The summed E-state index contributed by atoms with van der Waals surface area (Å²) in [5.74, 6) is 0.254. The summed E-state index contributed by atoms with van der Waals surface area (Å²) in [4.78, 5) is 0. The van der Waals surface area contributed by atoms with E-state index in [0.29, 0.717) is 23.2 Å². The lowest BCUT2D eigenvalue weighted by atomic mass is 9.95. The third kappa shape index (κ3) is 2.47. The average molecular weight is 243 g/mol. The van der Waals surface area contributed by atoms with Gasteiger partial charge < -0.3 is 11.1 Å². The molecule has 1 fully saturated rings. The SMILES string of the molecule is CC(CN)(Nc1cc(F)cc(Cl)c1)C1CC1. The lowest BCUT2D eigenvalue weighted by Crippen LogP contribution is -2.44. The van der Waals surface area contributed by atoms with Crippen LogP contribution in [0, 0.1) is 11.7 Å². The van der Waals surface area contributed by atoms with Gasteiger partial charge in [0.05, 0.1) is 0 Å². The van der Waals surface area contributed by atoms with Gasteiger partial charge in [-0.25, -0.2) is 4.39 Å². The van der Waals surface area contributed by atoms with Crippen LogP contribution < -0.4 is 11.1 Å². The molecule has 1 aliphatic carbocycles. The molecule has 2 nitrogen and oxygen atoms in total. The zero-order chi connectivity index (χ0) is 11.8. The Balaban J connectivity index is 2.18. The van der Waals surface area contributed by atoms with Crippen molar-refractivity contribution in [2.45, 2.75) is 25.3 Å². The standard InChI is InChI=1S/C12H16ClFN2/c1-12(7-15,8-2-3-8)16-11-5-9(13)4-10(14)6-11/h4-6,8,16H,2-3,7,15H2,1H3. The van der Waals surface area contributed by atoms with Crippen molar-refractivity contribution < 1.29 is 4.39 Å². The molecule has 0 aliphatic heterocycles. The molecule has 0 heterocycles. The van der Waals surface area contributed by atoms with Crippen LogP contribution in [0.3, 0.4) is 0 Å². The minimum Gasteiger partial charge on any atom is -0.378 e. The van der Waals surface area contributed by atoms with Crippen molar-refractivity contribution in [1.29, 1.82) is 0 Å². The summed E-state index contributed by atoms with van der Waals surface area (Å²) in [5, 5.41) is 3.70. The first kappa shape index (κ1) is 11.7. The van der Waals surface area contributed by atoms with E-state index >= 15 is 0 Å². The Morgan fingerprint density at radius 1 is 1.50 bits per heavy atom. The second-order valence-electron chi connectivity index (χ2n) is 4.68. The van der Waals surface area contributed by atoms with Crippen LogP contribution >= 0.6 is 11.6 Å². The van der Waals surface area contributed by atoms with Crippen LogP contribution in [-0.2, 0) is 0 Å². The molecule has 1 aromatic rings. The summed E-state index contributed by atoms with van der Waals surface area (Å²) < 4.78 is 13.2. The summed E-state index contributed by atoms with van der Waals surface area (Å²) in [5.41, 5.74) is 6.33. The fourth-order valence-electron chi connectivity index (χ4n) is 2.00. The van der Waals surface area contributed by atoms with Crippen LogP contribution in [0.15, 0.2) is 18.2 Å². The molecule has 1 saturated carbocycles. The number of halogens is 2. The lowest BCUT2D eigenvalue weighted by molar-refractivity contribution is 0.459. The molecule has 0 aromatic heterocycles. The second-order valence-corrected chi connectivity index (χ2v) is 5.12. The molecule has 0 bridgehead atoms. The Bertz CT molecular complexity index is 372. The van der Waals surface area contributed by atoms with Gasteiger partial charge in [-0.1, -0.05) is 11.6 Å². The Labute approximate surface area is 100.0 Å². The number of hydrogen-bond acceptors (Lipinski definition) is 2. The fraction of sp³-hybridized carbons (Fsp3) is 0.500. The molecular formula is C12H16ClFN2. The van der Waals surface area contributed by atoms with Gasteiger partial charge in [0, 0.05) is 22.8 Å². The topological polar surface area (TPSA) is 38.0 Å². The largest absolute Gasteiger partial charge is 0.378 e. The monoisotopic (exact) mass is 242 g/mol. The minimum absolute atomic E-state index is 0.156. The number of rotatable bonds is 4. The first-order chi connectivity index (χ1) is 7.53. The van der Waals surface area contributed by atoms with Crippen molar-refractivity contribution in [3.8, 4) is 0 Å². The van der Waals surface area contributed by atoms with E-state index in [1.807, 2.05) is 0 Å². The number of nitrogens with one attached hydrogen (secondary N) is 1. The molecule has 0 radical (unpaired) electrons. The highest BCUT2D eigenvalue weighted by Crippen LogP contribution is 2.41. The molecule has 1 unspecified atom stereocenters. The van der Waals surface area contributed by atoms with E-state index in [1.54, 1.807) is 6.07 Å². The van der Waals surface area contributed by atoms with E-state index in [2.05, 4.69) is 12.2 Å². The molecule has 16 heavy (non-hydrogen) atoms. The van der Waals surface area contributed by atoms with Crippen molar-refractivity contribution in [1.82, 2.24) is 0 Å². The summed E-state index contributed by atoms with van der Waals surface area (Å²) in [7, 11) is 0. The predicted octanol–water partition coefficient (Wildman–Crippen LogP) is 3.02. The van der Waals surface area contributed by atoms with Gasteiger partial charge >= 0.3 is 0 Å². The van der Waals surface area contributed by atoms with Gasteiger partial charge in [-0.15, -0.1) is 0 Å². The van der Waals surface area contributed by atoms with Crippen molar-refractivity contribution in [2.24, 2.45) is 11.7 Å². The van der Waals surface area contributed by atoms with Gasteiger partial charge in [-0.3, -0.25) is 0 Å². The van der Waals surface area contributed by atoms with Gasteiger partial charge in [0.2, 0.25) is 0 Å². The molecular weight excluding hydrogens is 227 g/mol. The Morgan fingerprint density at radius 3 is 2.69 bits per heavy atom. The lowest BCUT2D eigenvalue weighted by Gasteiger charge is -2.30. The van der Waals surface area contributed by atoms with Crippen LogP contribution in [0.1, 0.15) is 19.8 Å². The van der Waals surface area contributed by atoms with Crippen molar-refractivity contribution in [3.63, 3.8) is 0 Å². The van der Waals surface area contributed by atoms with E-state index < -0.39 is 0 Å². The highest BCUT2D eigenvalue weighted by molar-refractivity contribution is 6.30. The maximum Gasteiger partial charge on any atom is 0.126 e. The molecule has 1 atom stereocenters. The van der Waals surface area contributed by atoms with Crippen LogP contribution in [0.4, 0.5) is 10.1 Å². The molecule has 3 N–H and O–H groups in total. The highest BCUT2D eigenvalue weighted by atomic mass is 35.5. The maximum atomic E-state index is 13.2. The first-order valence-corrected chi connectivity index (χ1v) is 5.85. The predicted molar refractivity (Wildman–Crippen MR) is 65.2 cm³/mol. The van der Waals surface area contributed by atoms with Crippen LogP contribution in [0.5, 0.6) is 0 Å². The van der Waals surface area contributed by atoms with E-state index in [9.17, 15) is 4.39 Å². The van der Waals surface area contributed by atoms with Crippen molar-refractivity contribution >= 4 is 17.3 Å². The van der Waals surface area contributed by atoms with Gasteiger partial charge in [-0.2, -0.15) is 0 Å². The summed E-state index contributed by atoms with van der Waals surface area (Å²) >= 11 is 5.81. The van der Waals surface area contributed by atoms with E-state index in [-0.39, 0.29) is 11.4 Å². The quantitative estimate of drug-likeness (QED) is 0.852. The van der Waals surface area contributed by atoms with Gasteiger partial charge in [0.15, 0.2) is 0 Å². The Hall–Kier alpha value is -0.800. The maximum absolute atomic E-state index is 13.2. The Morgan fingerprint density at radius 2 is 2.19 bits per heavy atom.